The molecule has 0 aliphatic carbocycles. The number of benzene rings is 1. The number of amides is 3. The van der Waals surface area contributed by atoms with Crippen LogP contribution in [0.25, 0.3) is 10.9 Å². The van der Waals surface area contributed by atoms with Gasteiger partial charge >= 0.3 is 5.97 Å². The Morgan fingerprint density at radius 1 is 1.09 bits per heavy atom. The maximum atomic E-state index is 13.6. The van der Waals surface area contributed by atoms with E-state index in [4.69, 9.17) is 14.2 Å². The van der Waals surface area contributed by atoms with E-state index in [1.165, 1.54) is 0 Å². The minimum Gasteiger partial charge on any atom is -0.496 e. The van der Waals surface area contributed by atoms with Crippen LogP contribution in [0.15, 0.2) is 24.3 Å². The van der Waals surface area contributed by atoms with Crippen molar-refractivity contribution in [1.82, 2.24) is 20.9 Å². The first-order valence-electron chi connectivity index (χ1n) is 15.1. The second kappa shape index (κ2) is 15.2. The molecule has 2 aromatic rings. The molecule has 1 aromatic carbocycles. The van der Waals surface area contributed by atoms with Gasteiger partial charge in [-0.1, -0.05) is 26.8 Å². The van der Waals surface area contributed by atoms with Gasteiger partial charge in [-0.05, 0) is 64.2 Å². The van der Waals surface area contributed by atoms with Crippen molar-refractivity contribution >= 4 is 40.4 Å². The lowest BCUT2D eigenvalue weighted by Crippen LogP contribution is -2.53. The normalized spacial score (nSPS) is 17.1. The highest BCUT2D eigenvalue weighted by molar-refractivity contribution is 6.02. The molecular weight excluding hydrogens is 568 g/mol. The van der Waals surface area contributed by atoms with E-state index in [1.807, 2.05) is 19.9 Å². The average Bonchev–Trinajstić information content (AvgIpc) is 3.59. The summed E-state index contributed by atoms with van der Waals surface area (Å²) in [5, 5.41) is 9.06. The van der Waals surface area contributed by atoms with Gasteiger partial charge < -0.3 is 35.1 Å². The zero-order valence-electron chi connectivity index (χ0n) is 26.7. The predicted molar refractivity (Wildman–Crippen MR) is 164 cm³/mol. The second-order valence-electron chi connectivity index (χ2n) is 12.6. The predicted octanol–water partition coefficient (Wildman–Crippen LogP) is 3.24. The number of H-pyrrole nitrogens is 1. The van der Waals surface area contributed by atoms with Crippen LogP contribution in [0.4, 0.5) is 0 Å². The minimum absolute atomic E-state index is 0.0368. The summed E-state index contributed by atoms with van der Waals surface area (Å²) in [6, 6.07) is 5.05. The fourth-order valence-electron chi connectivity index (χ4n) is 4.87. The number of carbonyl (C=O) groups is 5. The van der Waals surface area contributed by atoms with Crippen LogP contribution in [0, 0.1) is 17.3 Å². The first kappa shape index (κ1) is 34.6. The third-order valence-corrected chi connectivity index (χ3v) is 7.40. The summed E-state index contributed by atoms with van der Waals surface area (Å²) in [6.45, 7) is 10.8. The molecule has 0 spiro atoms. The Kier molecular flexibility index (Phi) is 11.9. The monoisotopic (exact) mass is 614 g/mol. The molecule has 3 rings (SSSR count). The van der Waals surface area contributed by atoms with Crippen LogP contribution in [0.5, 0.6) is 5.75 Å². The van der Waals surface area contributed by atoms with Crippen molar-refractivity contribution in [1.29, 1.82) is 0 Å². The van der Waals surface area contributed by atoms with E-state index in [9.17, 15) is 24.0 Å². The lowest BCUT2D eigenvalue weighted by Gasteiger charge is -2.26. The molecule has 4 N–H and O–H groups in total. The third kappa shape index (κ3) is 9.28. The molecule has 12 nitrogen and oxygen atoms in total. The molecule has 3 amide bonds. The fraction of sp³-hybridized carbons (Fsp3) is 0.594. The summed E-state index contributed by atoms with van der Waals surface area (Å²) < 4.78 is 16.4. The largest absolute Gasteiger partial charge is 0.496 e. The van der Waals surface area contributed by atoms with E-state index < -0.39 is 59.9 Å². The van der Waals surface area contributed by atoms with E-state index in [0.29, 0.717) is 37.1 Å². The zero-order chi connectivity index (χ0) is 32.6. The first-order valence-corrected chi connectivity index (χ1v) is 15.1. The van der Waals surface area contributed by atoms with Crippen LogP contribution in [-0.4, -0.2) is 73.1 Å². The highest BCUT2D eigenvalue weighted by Gasteiger charge is 2.34. The molecule has 0 radical (unpaired) electrons. The summed E-state index contributed by atoms with van der Waals surface area (Å²) in [5.74, 6) is -2.00. The number of carbonyl (C=O) groups excluding carboxylic acids is 5. The van der Waals surface area contributed by atoms with E-state index in [0.717, 1.165) is 5.39 Å². The number of methoxy groups -OCH3 is 1. The molecule has 0 saturated carbocycles. The van der Waals surface area contributed by atoms with Crippen molar-refractivity contribution in [2.75, 3.05) is 20.3 Å². The second-order valence-corrected chi connectivity index (χ2v) is 12.6. The number of hydrogen-bond acceptors (Lipinski definition) is 8. The maximum absolute atomic E-state index is 13.6. The lowest BCUT2D eigenvalue weighted by molar-refractivity contribution is -0.189. The van der Waals surface area contributed by atoms with Crippen molar-refractivity contribution in [3.63, 3.8) is 0 Å². The number of nitrogens with one attached hydrogen (secondary N) is 4. The summed E-state index contributed by atoms with van der Waals surface area (Å²) in [5.41, 5.74) is 0.214. The quantitative estimate of drug-likeness (QED) is 0.175. The van der Waals surface area contributed by atoms with Gasteiger partial charge in [0.2, 0.25) is 18.1 Å². The molecule has 242 valence electrons. The van der Waals surface area contributed by atoms with Crippen LogP contribution >= 0.6 is 0 Å². The Bertz CT molecular complexity index is 1350. The topological polar surface area (TPSA) is 165 Å². The summed E-state index contributed by atoms with van der Waals surface area (Å²) in [6.07, 6.45) is 0.279. The van der Waals surface area contributed by atoms with Gasteiger partial charge in [0.15, 0.2) is 5.78 Å². The Morgan fingerprint density at radius 2 is 1.82 bits per heavy atom. The molecule has 1 aliphatic heterocycles. The molecule has 2 heterocycles. The Hall–Kier alpha value is -3.93. The van der Waals surface area contributed by atoms with Crippen molar-refractivity contribution in [3.8, 4) is 5.75 Å². The molecule has 44 heavy (non-hydrogen) atoms. The van der Waals surface area contributed by atoms with Gasteiger partial charge in [0, 0.05) is 29.8 Å². The third-order valence-electron chi connectivity index (χ3n) is 7.40. The van der Waals surface area contributed by atoms with Crippen LogP contribution in [0.1, 0.15) is 77.7 Å². The number of ether oxygens (including phenoxy) is 3. The number of esters is 1. The molecule has 1 aromatic heterocycles. The number of Topliss-reactive ketones (excluding diaryl/α,β-unsaturated/α-hetero) is 1. The standard InChI is InChI=1S/C32H46N4O8/c1-8-27(44-31(41)32(4,5)6)43-17-25(37)22(15-19-12-13-33-28(19)38)35-29(39)23(14-18(2)3)36-30(40)24-16-20-21(34-24)10-9-11-26(20)42-7/h9-11,16,18-19,22-23,27,34H,8,12-15,17H2,1-7H3,(H,33,38)(H,35,39)(H,36,40)/t19-,22-,23-,27?/m0/s1. The van der Waals surface area contributed by atoms with Crippen LogP contribution in [-0.2, 0) is 28.7 Å². The van der Waals surface area contributed by atoms with E-state index in [-0.39, 0.29) is 23.9 Å². The number of rotatable bonds is 15. The number of aromatic amines is 1. The number of ketones is 1. The van der Waals surface area contributed by atoms with Gasteiger partial charge in [0.1, 0.15) is 24.1 Å². The van der Waals surface area contributed by atoms with Crippen molar-refractivity contribution in [3.05, 3.63) is 30.0 Å². The van der Waals surface area contributed by atoms with E-state index in [2.05, 4.69) is 20.9 Å². The van der Waals surface area contributed by atoms with E-state index >= 15 is 0 Å². The number of hydrogen-bond donors (Lipinski definition) is 4. The van der Waals surface area contributed by atoms with Gasteiger partial charge in [-0.25, -0.2) is 0 Å². The minimum atomic E-state index is -1.06. The van der Waals surface area contributed by atoms with Crippen molar-refractivity contribution in [2.45, 2.75) is 85.6 Å². The van der Waals surface area contributed by atoms with Gasteiger partial charge in [0.05, 0.1) is 18.6 Å². The molecular formula is C32H46N4O8. The first-order chi connectivity index (χ1) is 20.7. The number of fused-ring (bicyclic) bond motifs is 1. The lowest BCUT2D eigenvalue weighted by atomic mass is 9.95. The van der Waals surface area contributed by atoms with Crippen LogP contribution < -0.4 is 20.7 Å². The summed E-state index contributed by atoms with van der Waals surface area (Å²) >= 11 is 0. The molecule has 1 fully saturated rings. The van der Waals surface area contributed by atoms with Gasteiger partial charge in [0.25, 0.3) is 5.91 Å². The van der Waals surface area contributed by atoms with Gasteiger partial charge in [-0.15, -0.1) is 0 Å². The van der Waals surface area contributed by atoms with Crippen LogP contribution in [0.2, 0.25) is 0 Å². The number of aromatic nitrogens is 1. The van der Waals surface area contributed by atoms with Crippen molar-refractivity contribution in [2.24, 2.45) is 17.3 Å². The fourth-order valence-corrected chi connectivity index (χ4v) is 4.87. The highest BCUT2D eigenvalue weighted by atomic mass is 16.7. The molecule has 0 bridgehead atoms. The summed E-state index contributed by atoms with van der Waals surface area (Å²) in [4.78, 5) is 68.0. The smallest absolute Gasteiger partial charge is 0.313 e. The maximum Gasteiger partial charge on any atom is 0.313 e. The summed E-state index contributed by atoms with van der Waals surface area (Å²) in [7, 11) is 1.54. The van der Waals surface area contributed by atoms with Crippen LogP contribution in [0.3, 0.4) is 0 Å². The Morgan fingerprint density at radius 3 is 2.41 bits per heavy atom. The molecule has 1 saturated heterocycles. The van der Waals surface area contributed by atoms with Crippen molar-refractivity contribution < 1.29 is 38.2 Å². The van der Waals surface area contributed by atoms with Gasteiger partial charge in [-0.2, -0.15) is 0 Å². The van der Waals surface area contributed by atoms with E-state index in [1.54, 1.807) is 53.0 Å². The molecule has 12 heteroatoms. The molecule has 1 aliphatic rings. The molecule has 1 unspecified atom stereocenters. The van der Waals surface area contributed by atoms with Gasteiger partial charge in [-0.3, -0.25) is 24.0 Å². The Labute approximate surface area is 258 Å². The Balaban J connectivity index is 1.75. The SMILES string of the molecule is CCC(OCC(=O)[C@H](C[C@@H]1CCNC1=O)NC(=O)[C@H](CC(C)C)NC(=O)c1cc2c(OC)cccc2[nH]1)OC(=O)C(C)(C)C. The molecule has 4 atom stereocenters. The zero-order valence-corrected chi connectivity index (χ0v) is 26.7. The average molecular weight is 615 g/mol. The highest BCUT2D eigenvalue weighted by Crippen LogP contribution is 2.26.